The molecule has 0 unspecified atom stereocenters. The van der Waals surface area contributed by atoms with Crippen molar-refractivity contribution in [2.75, 3.05) is 19.9 Å². The summed E-state index contributed by atoms with van der Waals surface area (Å²) in [5.41, 5.74) is 2.19. The largest absolute Gasteiger partial charge is 0.454 e. The van der Waals surface area contributed by atoms with E-state index in [0.717, 1.165) is 36.4 Å². The number of benzene rings is 1. The van der Waals surface area contributed by atoms with Crippen molar-refractivity contribution in [3.63, 3.8) is 0 Å². The summed E-state index contributed by atoms with van der Waals surface area (Å²) in [7, 11) is 1.92. The van der Waals surface area contributed by atoms with Crippen molar-refractivity contribution in [2.24, 2.45) is 7.05 Å². The molecule has 1 fully saturated rings. The first-order valence-corrected chi connectivity index (χ1v) is 8.57. The number of ether oxygens (including phenoxy) is 2. The van der Waals surface area contributed by atoms with E-state index in [-0.39, 0.29) is 18.7 Å². The highest BCUT2D eigenvalue weighted by Crippen LogP contribution is 2.33. The summed E-state index contributed by atoms with van der Waals surface area (Å²) in [5.74, 6) is 1.53. The van der Waals surface area contributed by atoms with Crippen LogP contribution in [-0.4, -0.2) is 40.5 Å². The summed E-state index contributed by atoms with van der Waals surface area (Å²) >= 11 is 0. The number of aromatic nitrogens is 2. The minimum absolute atomic E-state index is 0.0356. The molecule has 2 aromatic rings. The first-order valence-electron chi connectivity index (χ1n) is 8.57. The molecule has 2 aliphatic rings. The minimum Gasteiger partial charge on any atom is -0.454 e. The molecule has 4 rings (SSSR count). The summed E-state index contributed by atoms with van der Waals surface area (Å²) in [6, 6.07) is 6.02. The highest BCUT2D eigenvalue weighted by molar-refractivity contribution is 5.78. The van der Waals surface area contributed by atoms with Gasteiger partial charge in [0.2, 0.25) is 12.7 Å². The fraction of sp³-hybridized carbons (Fsp3) is 0.444. The highest BCUT2D eigenvalue weighted by Gasteiger charge is 2.28. The van der Waals surface area contributed by atoms with Crippen molar-refractivity contribution >= 4 is 5.91 Å². The molecule has 25 heavy (non-hydrogen) atoms. The summed E-state index contributed by atoms with van der Waals surface area (Å²) in [6.07, 6.45) is 6.11. The number of carbonyl (C=O) groups excluding carboxylic acids is 1. The van der Waals surface area contributed by atoms with Gasteiger partial charge >= 0.3 is 0 Å². The summed E-state index contributed by atoms with van der Waals surface area (Å²) in [4.78, 5) is 14.6. The molecule has 0 bridgehead atoms. The van der Waals surface area contributed by atoms with E-state index >= 15 is 0 Å². The fourth-order valence-electron chi connectivity index (χ4n) is 3.50. The first kappa shape index (κ1) is 16.0. The summed E-state index contributed by atoms with van der Waals surface area (Å²) < 4.78 is 12.5. The number of amides is 1. The van der Waals surface area contributed by atoms with Crippen molar-refractivity contribution in [2.45, 2.75) is 25.4 Å². The SMILES string of the molecule is Cn1cc([C@H]2CCCN2CC(=O)NCc2ccc3c(c2)OCO3)cn1. The van der Waals surface area contributed by atoms with Gasteiger partial charge in [-0.2, -0.15) is 5.10 Å². The predicted molar refractivity (Wildman–Crippen MR) is 91.2 cm³/mol. The maximum absolute atomic E-state index is 12.4. The van der Waals surface area contributed by atoms with E-state index in [4.69, 9.17) is 9.47 Å². The van der Waals surface area contributed by atoms with E-state index in [2.05, 4.69) is 15.3 Å². The molecule has 1 N–H and O–H groups in total. The molecule has 1 aromatic heterocycles. The summed E-state index contributed by atoms with van der Waals surface area (Å²) in [5, 5.41) is 7.24. The Balaban J connectivity index is 1.32. The Morgan fingerprint density at radius 2 is 2.24 bits per heavy atom. The van der Waals surface area contributed by atoms with Crippen molar-refractivity contribution in [3.8, 4) is 11.5 Å². The van der Waals surface area contributed by atoms with Gasteiger partial charge < -0.3 is 14.8 Å². The lowest BCUT2D eigenvalue weighted by molar-refractivity contribution is -0.122. The summed E-state index contributed by atoms with van der Waals surface area (Å²) in [6.45, 7) is 2.10. The number of aryl methyl sites for hydroxylation is 1. The third kappa shape index (κ3) is 3.46. The van der Waals surface area contributed by atoms with Crippen LogP contribution in [0, 0.1) is 0 Å². The van der Waals surface area contributed by atoms with Gasteiger partial charge in [0.05, 0.1) is 12.7 Å². The number of hydrogen-bond acceptors (Lipinski definition) is 5. The molecule has 1 amide bonds. The fourth-order valence-corrected chi connectivity index (χ4v) is 3.50. The minimum atomic E-state index is 0.0356. The lowest BCUT2D eigenvalue weighted by Crippen LogP contribution is -2.36. The standard InChI is InChI=1S/C18H22N4O3/c1-21-10-14(9-20-21)15-3-2-6-22(15)11-18(23)19-8-13-4-5-16-17(7-13)25-12-24-16/h4-5,7,9-10,15H,2-3,6,8,11-12H2,1H3,(H,19,23)/t15-/m1/s1. The Morgan fingerprint density at radius 1 is 1.36 bits per heavy atom. The Morgan fingerprint density at radius 3 is 3.08 bits per heavy atom. The topological polar surface area (TPSA) is 68.6 Å². The zero-order valence-corrected chi connectivity index (χ0v) is 14.3. The zero-order chi connectivity index (χ0) is 17.2. The smallest absolute Gasteiger partial charge is 0.234 e. The van der Waals surface area contributed by atoms with Crippen LogP contribution in [0.15, 0.2) is 30.6 Å². The molecule has 7 heteroatoms. The van der Waals surface area contributed by atoms with Gasteiger partial charge in [-0.1, -0.05) is 6.07 Å². The molecule has 3 heterocycles. The van der Waals surface area contributed by atoms with Gasteiger partial charge in [0, 0.05) is 31.4 Å². The molecule has 0 saturated carbocycles. The van der Waals surface area contributed by atoms with Crippen LogP contribution in [0.3, 0.4) is 0 Å². The molecule has 1 atom stereocenters. The van der Waals surface area contributed by atoms with Crippen LogP contribution in [0.1, 0.15) is 30.0 Å². The maximum Gasteiger partial charge on any atom is 0.234 e. The van der Waals surface area contributed by atoms with Crippen LogP contribution in [0.4, 0.5) is 0 Å². The average molecular weight is 342 g/mol. The Kier molecular flexibility index (Phi) is 4.31. The number of rotatable bonds is 5. The third-order valence-electron chi connectivity index (χ3n) is 4.75. The Labute approximate surface area is 146 Å². The van der Waals surface area contributed by atoms with Crippen molar-refractivity contribution in [1.29, 1.82) is 0 Å². The van der Waals surface area contributed by atoms with Gasteiger partial charge in [0.25, 0.3) is 0 Å². The van der Waals surface area contributed by atoms with Crippen LogP contribution in [0.25, 0.3) is 0 Å². The van der Waals surface area contributed by atoms with Crippen molar-refractivity contribution in [3.05, 3.63) is 41.7 Å². The van der Waals surface area contributed by atoms with Gasteiger partial charge in [-0.3, -0.25) is 14.4 Å². The van der Waals surface area contributed by atoms with E-state index in [1.165, 1.54) is 5.56 Å². The van der Waals surface area contributed by atoms with Crippen LogP contribution in [-0.2, 0) is 18.4 Å². The second-order valence-corrected chi connectivity index (χ2v) is 6.54. The molecule has 0 aliphatic carbocycles. The van der Waals surface area contributed by atoms with E-state index in [9.17, 15) is 4.79 Å². The van der Waals surface area contributed by atoms with E-state index in [0.29, 0.717) is 13.1 Å². The first-order chi connectivity index (χ1) is 12.2. The monoisotopic (exact) mass is 342 g/mol. The molecule has 0 radical (unpaired) electrons. The Bertz CT molecular complexity index is 773. The number of carbonyl (C=O) groups is 1. The van der Waals surface area contributed by atoms with Crippen LogP contribution in [0.2, 0.25) is 0 Å². The molecule has 7 nitrogen and oxygen atoms in total. The number of nitrogens with one attached hydrogen (secondary N) is 1. The lowest BCUT2D eigenvalue weighted by Gasteiger charge is -2.22. The maximum atomic E-state index is 12.4. The van der Waals surface area contributed by atoms with Gasteiger partial charge in [0.1, 0.15) is 0 Å². The van der Waals surface area contributed by atoms with Gasteiger partial charge in [0.15, 0.2) is 11.5 Å². The van der Waals surface area contributed by atoms with Crippen molar-refractivity contribution in [1.82, 2.24) is 20.0 Å². The average Bonchev–Trinajstić information content (AvgIpc) is 3.32. The quantitative estimate of drug-likeness (QED) is 0.894. The molecule has 1 aromatic carbocycles. The number of fused-ring (bicyclic) bond motifs is 1. The molecule has 1 saturated heterocycles. The Hall–Kier alpha value is -2.54. The van der Waals surface area contributed by atoms with Crippen molar-refractivity contribution < 1.29 is 14.3 Å². The molecule has 132 valence electrons. The molecular weight excluding hydrogens is 320 g/mol. The van der Waals surface area contributed by atoms with E-state index in [1.54, 1.807) is 0 Å². The second kappa shape index (κ2) is 6.76. The van der Waals surface area contributed by atoms with E-state index < -0.39 is 0 Å². The number of hydrogen-bond donors (Lipinski definition) is 1. The van der Waals surface area contributed by atoms with Crippen LogP contribution < -0.4 is 14.8 Å². The molecule has 2 aliphatic heterocycles. The van der Waals surface area contributed by atoms with Gasteiger partial charge in [-0.05, 0) is 37.1 Å². The lowest BCUT2D eigenvalue weighted by atomic mass is 10.1. The van der Waals surface area contributed by atoms with Crippen LogP contribution >= 0.6 is 0 Å². The molecular formula is C18H22N4O3. The number of likely N-dealkylation sites (tertiary alicyclic amines) is 1. The van der Waals surface area contributed by atoms with Gasteiger partial charge in [-0.25, -0.2) is 0 Å². The van der Waals surface area contributed by atoms with Crippen LogP contribution in [0.5, 0.6) is 11.5 Å². The number of nitrogens with zero attached hydrogens (tertiary/aromatic N) is 3. The third-order valence-corrected chi connectivity index (χ3v) is 4.75. The zero-order valence-electron chi connectivity index (χ0n) is 14.3. The highest BCUT2D eigenvalue weighted by atomic mass is 16.7. The molecule has 0 spiro atoms. The predicted octanol–water partition coefficient (Wildman–Crippen LogP) is 1.60. The van der Waals surface area contributed by atoms with E-state index in [1.807, 2.05) is 42.3 Å². The van der Waals surface area contributed by atoms with Gasteiger partial charge in [-0.15, -0.1) is 0 Å². The normalized spacial score (nSPS) is 19.3. The second-order valence-electron chi connectivity index (χ2n) is 6.54.